The van der Waals surface area contributed by atoms with E-state index in [0.717, 1.165) is 11.8 Å². The number of aromatic nitrogens is 4. The molecule has 1 aliphatic carbocycles. The Morgan fingerprint density at radius 1 is 1.11 bits per heavy atom. The number of nitrogens with zero attached hydrogens (tertiary/aromatic N) is 4. The first-order chi connectivity index (χ1) is 17.5. The Labute approximate surface area is 212 Å². The Bertz CT molecular complexity index is 1360. The molecule has 0 bridgehead atoms. The zero-order valence-electron chi connectivity index (χ0n) is 20.0. The molecular formula is C25H25F3N4O4S. The SMILES string of the molecule is CCC(C(=O)Cc1ccc(-c2cncc(OCC(F)(F)F)n2)cc1)c1ccnc(CS(=O)(=O)C2CC2)n1. The molecule has 1 atom stereocenters. The highest BCUT2D eigenvalue weighted by Gasteiger charge is 2.36. The molecule has 12 heteroatoms. The first-order valence-corrected chi connectivity index (χ1v) is 13.4. The first kappa shape index (κ1) is 26.6. The van der Waals surface area contributed by atoms with Crippen molar-refractivity contribution in [2.24, 2.45) is 0 Å². The zero-order chi connectivity index (χ0) is 26.6. The van der Waals surface area contributed by atoms with Crippen LogP contribution in [0.3, 0.4) is 0 Å². The van der Waals surface area contributed by atoms with Crippen LogP contribution in [-0.2, 0) is 26.8 Å². The lowest BCUT2D eigenvalue weighted by molar-refractivity contribution is -0.154. The number of halogens is 3. The molecule has 0 N–H and O–H groups in total. The Hall–Kier alpha value is -3.41. The van der Waals surface area contributed by atoms with E-state index in [-0.39, 0.29) is 34.9 Å². The number of carbonyl (C=O) groups excluding carboxylic acids is 1. The van der Waals surface area contributed by atoms with Gasteiger partial charge < -0.3 is 4.74 Å². The van der Waals surface area contributed by atoms with Crippen molar-refractivity contribution in [1.29, 1.82) is 0 Å². The third-order valence-corrected chi connectivity index (χ3v) is 8.02. The molecule has 1 unspecified atom stereocenters. The molecule has 1 fully saturated rings. The fourth-order valence-electron chi connectivity index (χ4n) is 3.84. The maximum Gasteiger partial charge on any atom is 0.422 e. The van der Waals surface area contributed by atoms with E-state index in [2.05, 4.69) is 24.7 Å². The molecule has 2 heterocycles. The topological polar surface area (TPSA) is 112 Å². The predicted octanol–water partition coefficient (Wildman–Crippen LogP) is 4.26. The van der Waals surface area contributed by atoms with Crippen molar-refractivity contribution in [1.82, 2.24) is 19.9 Å². The van der Waals surface area contributed by atoms with Crippen molar-refractivity contribution < 1.29 is 31.1 Å². The number of alkyl halides is 3. The minimum Gasteiger partial charge on any atom is -0.467 e. The van der Waals surface area contributed by atoms with Crippen molar-refractivity contribution in [3.63, 3.8) is 0 Å². The van der Waals surface area contributed by atoms with Crippen LogP contribution >= 0.6 is 0 Å². The Morgan fingerprint density at radius 2 is 1.84 bits per heavy atom. The summed E-state index contributed by atoms with van der Waals surface area (Å²) in [5, 5.41) is -0.313. The van der Waals surface area contributed by atoms with Gasteiger partial charge in [-0.1, -0.05) is 31.2 Å². The highest BCUT2D eigenvalue weighted by molar-refractivity contribution is 7.91. The molecule has 0 radical (unpaired) electrons. The van der Waals surface area contributed by atoms with E-state index in [9.17, 15) is 26.4 Å². The maximum absolute atomic E-state index is 13.1. The maximum atomic E-state index is 13.1. The summed E-state index contributed by atoms with van der Waals surface area (Å²) >= 11 is 0. The van der Waals surface area contributed by atoms with Gasteiger partial charge in [-0.3, -0.25) is 9.78 Å². The van der Waals surface area contributed by atoms with Gasteiger partial charge in [0.05, 0.1) is 34.9 Å². The lowest BCUT2D eigenvalue weighted by atomic mass is 9.92. The third kappa shape index (κ3) is 7.31. The molecule has 0 saturated heterocycles. The van der Waals surface area contributed by atoms with Gasteiger partial charge in [0, 0.05) is 18.2 Å². The van der Waals surface area contributed by atoms with Gasteiger partial charge in [0.25, 0.3) is 0 Å². The Morgan fingerprint density at radius 3 is 2.49 bits per heavy atom. The molecule has 0 amide bonds. The van der Waals surface area contributed by atoms with Gasteiger partial charge >= 0.3 is 6.18 Å². The molecule has 1 aliphatic rings. The molecule has 0 spiro atoms. The molecule has 2 aromatic heterocycles. The monoisotopic (exact) mass is 534 g/mol. The van der Waals surface area contributed by atoms with Gasteiger partial charge in [0.15, 0.2) is 16.4 Å². The second kappa shape index (κ2) is 10.9. The average Bonchev–Trinajstić information content (AvgIpc) is 3.70. The minimum absolute atomic E-state index is 0.0766. The molecule has 1 saturated carbocycles. The van der Waals surface area contributed by atoms with Crippen LogP contribution in [0.25, 0.3) is 11.3 Å². The minimum atomic E-state index is -4.48. The highest BCUT2D eigenvalue weighted by Crippen LogP contribution is 2.31. The van der Waals surface area contributed by atoms with Crippen LogP contribution in [0, 0.1) is 0 Å². The number of carbonyl (C=O) groups is 1. The normalized spacial score (nSPS) is 14.8. The molecule has 8 nitrogen and oxygen atoms in total. The summed E-state index contributed by atoms with van der Waals surface area (Å²) in [6.45, 7) is 0.399. The number of sulfone groups is 1. The Kier molecular flexibility index (Phi) is 7.86. The van der Waals surface area contributed by atoms with Crippen molar-refractivity contribution >= 4 is 15.6 Å². The van der Waals surface area contributed by atoms with Crippen LogP contribution < -0.4 is 4.74 Å². The number of benzene rings is 1. The lowest BCUT2D eigenvalue weighted by Crippen LogP contribution is -2.19. The molecule has 4 rings (SSSR count). The lowest BCUT2D eigenvalue weighted by Gasteiger charge is -2.14. The standard InChI is InChI=1S/C25H25F3N4O4S/c1-2-19(20-9-10-30-23(31-20)14-37(34,35)18-7-8-18)22(33)11-16-3-5-17(6-4-16)21-12-29-13-24(32-21)36-15-25(26,27)28/h3-6,9-10,12-13,18-19H,2,7-8,11,14-15H2,1H3. The molecule has 3 aromatic rings. The first-order valence-electron chi connectivity index (χ1n) is 11.7. The van der Waals surface area contributed by atoms with Crippen LogP contribution in [0.15, 0.2) is 48.9 Å². The summed E-state index contributed by atoms with van der Waals surface area (Å²) in [5.41, 5.74) is 2.16. The van der Waals surface area contributed by atoms with Crippen molar-refractivity contribution in [3.8, 4) is 17.1 Å². The number of hydrogen-bond donors (Lipinski definition) is 0. The second-order valence-electron chi connectivity index (χ2n) is 8.85. The van der Waals surface area contributed by atoms with E-state index in [4.69, 9.17) is 0 Å². The highest BCUT2D eigenvalue weighted by atomic mass is 32.2. The van der Waals surface area contributed by atoms with E-state index in [0.29, 0.717) is 36.2 Å². The average molecular weight is 535 g/mol. The fourth-order valence-corrected chi connectivity index (χ4v) is 5.42. The number of Topliss-reactive ketones (excluding diaryl/α,β-unsaturated/α-hetero) is 1. The summed E-state index contributed by atoms with van der Waals surface area (Å²) in [6.07, 6.45) is 1.46. The summed E-state index contributed by atoms with van der Waals surface area (Å²) in [5.74, 6) is -0.870. The van der Waals surface area contributed by atoms with Crippen LogP contribution in [0.4, 0.5) is 13.2 Å². The van der Waals surface area contributed by atoms with E-state index in [1.165, 1.54) is 12.4 Å². The van der Waals surface area contributed by atoms with E-state index in [1.54, 1.807) is 30.3 Å². The second-order valence-corrected chi connectivity index (χ2v) is 11.1. The van der Waals surface area contributed by atoms with Gasteiger partial charge in [-0.2, -0.15) is 13.2 Å². The van der Waals surface area contributed by atoms with Crippen LogP contribution in [0.5, 0.6) is 5.88 Å². The van der Waals surface area contributed by atoms with Crippen molar-refractivity contribution in [2.75, 3.05) is 6.61 Å². The number of ether oxygens (including phenoxy) is 1. The number of ketones is 1. The van der Waals surface area contributed by atoms with Crippen molar-refractivity contribution in [3.05, 3.63) is 66.0 Å². The van der Waals surface area contributed by atoms with Crippen LogP contribution in [0.2, 0.25) is 0 Å². The number of hydrogen-bond acceptors (Lipinski definition) is 8. The molecule has 1 aromatic carbocycles. The van der Waals surface area contributed by atoms with Crippen molar-refractivity contribution in [2.45, 2.75) is 55.7 Å². The largest absolute Gasteiger partial charge is 0.467 e. The fraction of sp³-hybridized carbons (Fsp3) is 0.400. The van der Waals surface area contributed by atoms with Gasteiger partial charge in [-0.05, 0) is 30.9 Å². The number of rotatable bonds is 11. The van der Waals surface area contributed by atoms with Crippen LogP contribution in [0.1, 0.15) is 49.2 Å². The quantitative estimate of drug-likeness (QED) is 0.359. The van der Waals surface area contributed by atoms with Gasteiger partial charge in [0.1, 0.15) is 17.4 Å². The van der Waals surface area contributed by atoms with E-state index < -0.39 is 28.5 Å². The molecule has 37 heavy (non-hydrogen) atoms. The van der Waals surface area contributed by atoms with E-state index in [1.807, 2.05) is 6.92 Å². The summed E-state index contributed by atoms with van der Waals surface area (Å²) < 4.78 is 66.4. The molecule has 0 aliphatic heterocycles. The summed E-state index contributed by atoms with van der Waals surface area (Å²) in [4.78, 5) is 29.5. The molecule has 196 valence electrons. The molecular weight excluding hydrogens is 509 g/mol. The van der Waals surface area contributed by atoms with Crippen LogP contribution in [-0.4, -0.2) is 52.2 Å². The third-order valence-electron chi connectivity index (χ3n) is 5.87. The van der Waals surface area contributed by atoms with Gasteiger partial charge in [-0.15, -0.1) is 0 Å². The van der Waals surface area contributed by atoms with E-state index >= 15 is 0 Å². The summed E-state index contributed by atoms with van der Waals surface area (Å²) in [7, 11) is -3.28. The zero-order valence-corrected chi connectivity index (χ0v) is 20.8. The van der Waals surface area contributed by atoms with Gasteiger partial charge in [0.2, 0.25) is 5.88 Å². The Balaban J connectivity index is 1.42. The predicted molar refractivity (Wildman–Crippen MR) is 128 cm³/mol. The smallest absolute Gasteiger partial charge is 0.422 e. The summed E-state index contributed by atoms with van der Waals surface area (Å²) in [6, 6.07) is 8.51. The van der Waals surface area contributed by atoms with Gasteiger partial charge in [-0.25, -0.2) is 23.4 Å².